The van der Waals surface area contributed by atoms with Crippen molar-refractivity contribution < 1.29 is 9.18 Å². The molecular formula is C31H24Cl3FN4OS. The van der Waals surface area contributed by atoms with Crippen LogP contribution in [-0.2, 0) is 17.0 Å². The number of aromatic nitrogens is 3. The Morgan fingerprint density at radius 1 is 0.878 bits per heavy atom. The van der Waals surface area contributed by atoms with Crippen molar-refractivity contribution in [2.45, 2.75) is 28.7 Å². The van der Waals surface area contributed by atoms with Crippen LogP contribution in [0.5, 0.6) is 0 Å². The van der Waals surface area contributed by atoms with E-state index in [9.17, 15) is 9.18 Å². The second-order valence-electron chi connectivity index (χ2n) is 9.21. The van der Waals surface area contributed by atoms with E-state index in [1.54, 1.807) is 30.3 Å². The summed E-state index contributed by atoms with van der Waals surface area (Å²) in [6.07, 6.45) is 0.428. The number of alkyl halides is 1. The van der Waals surface area contributed by atoms with Gasteiger partial charge in [0.15, 0.2) is 11.0 Å². The molecule has 5 aromatic rings. The van der Waals surface area contributed by atoms with E-state index in [2.05, 4.69) is 15.5 Å². The smallest absolute Gasteiger partial charge is 0.243 e. The van der Waals surface area contributed by atoms with Crippen molar-refractivity contribution in [1.29, 1.82) is 0 Å². The minimum absolute atomic E-state index is 0.301. The molecule has 0 radical (unpaired) electrons. The van der Waals surface area contributed by atoms with Crippen molar-refractivity contribution in [3.63, 3.8) is 0 Å². The summed E-state index contributed by atoms with van der Waals surface area (Å²) in [6, 6.07) is 29.8. The lowest BCUT2D eigenvalue weighted by molar-refractivity contribution is -0.121. The zero-order valence-corrected chi connectivity index (χ0v) is 24.6. The summed E-state index contributed by atoms with van der Waals surface area (Å²) in [6.45, 7) is 0. The number of amides is 1. The fraction of sp³-hybridized carbons (Fsp3) is 0.129. The van der Waals surface area contributed by atoms with E-state index in [-0.39, 0.29) is 11.7 Å². The summed E-state index contributed by atoms with van der Waals surface area (Å²) < 4.78 is 15.3. The summed E-state index contributed by atoms with van der Waals surface area (Å²) in [7, 11) is 0. The summed E-state index contributed by atoms with van der Waals surface area (Å²) >= 11 is 20.9. The summed E-state index contributed by atoms with van der Waals surface area (Å²) in [5.41, 5.74) is 3.19. The lowest BCUT2D eigenvalue weighted by Crippen LogP contribution is -2.34. The van der Waals surface area contributed by atoms with E-state index in [1.165, 1.54) is 23.9 Å². The molecule has 0 saturated heterocycles. The number of halogens is 4. The highest BCUT2D eigenvalue weighted by molar-refractivity contribution is 7.98. The maximum atomic E-state index is 13.5. The molecule has 0 aliphatic rings. The Balaban J connectivity index is 1.54. The van der Waals surface area contributed by atoms with Crippen LogP contribution in [0.3, 0.4) is 0 Å². The molecule has 0 saturated carbocycles. The van der Waals surface area contributed by atoms with Gasteiger partial charge >= 0.3 is 0 Å². The van der Waals surface area contributed by atoms with Crippen molar-refractivity contribution in [3.8, 4) is 5.69 Å². The number of carbonyl (C=O) groups is 1. The lowest BCUT2D eigenvalue weighted by atomic mass is 10.0. The highest BCUT2D eigenvalue weighted by atomic mass is 35.5. The van der Waals surface area contributed by atoms with Crippen LogP contribution in [-0.4, -0.2) is 20.7 Å². The van der Waals surface area contributed by atoms with Crippen molar-refractivity contribution in [1.82, 2.24) is 20.1 Å². The first-order valence-corrected chi connectivity index (χ1v) is 14.9. The highest BCUT2D eigenvalue weighted by Gasteiger charge is 2.28. The maximum Gasteiger partial charge on any atom is 0.243 e. The van der Waals surface area contributed by atoms with Gasteiger partial charge in [-0.15, -0.1) is 21.8 Å². The van der Waals surface area contributed by atoms with Crippen molar-refractivity contribution >= 4 is 52.5 Å². The minimum Gasteiger partial charge on any atom is -0.344 e. The average Bonchev–Trinajstić information content (AvgIpc) is 3.40. The number of thioether (sulfide) groups is 1. The molecule has 4 aromatic carbocycles. The van der Waals surface area contributed by atoms with E-state index in [0.717, 1.165) is 11.1 Å². The third-order valence-corrected chi connectivity index (χ3v) is 8.31. The third kappa shape index (κ3) is 7.29. The number of nitrogens with zero attached hydrogens (tertiary/aromatic N) is 3. The van der Waals surface area contributed by atoms with Crippen LogP contribution in [0.2, 0.25) is 10.0 Å². The molecule has 208 valence electrons. The molecule has 1 aromatic heterocycles. The van der Waals surface area contributed by atoms with E-state index in [1.807, 2.05) is 65.2 Å². The largest absolute Gasteiger partial charge is 0.344 e. The normalized spacial score (nSPS) is 12.6. The van der Waals surface area contributed by atoms with Crippen LogP contribution in [0.15, 0.2) is 108 Å². The van der Waals surface area contributed by atoms with Crippen molar-refractivity contribution in [2.75, 3.05) is 0 Å². The van der Waals surface area contributed by atoms with Gasteiger partial charge in [-0.25, -0.2) is 4.39 Å². The number of carbonyl (C=O) groups excluding carboxylic acids is 1. The van der Waals surface area contributed by atoms with Gasteiger partial charge in [0.2, 0.25) is 5.91 Å². The topological polar surface area (TPSA) is 59.8 Å². The number of nitrogens with one attached hydrogen (secondary N) is 1. The third-order valence-electron chi connectivity index (χ3n) is 6.32. The van der Waals surface area contributed by atoms with Crippen LogP contribution in [0.4, 0.5) is 4.39 Å². The summed E-state index contributed by atoms with van der Waals surface area (Å²) in [5, 5.41) is 12.7. The van der Waals surface area contributed by atoms with E-state index in [0.29, 0.717) is 44.5 Å². The zero-order valence-electron chi connectivity index (χ0n) is 21.6. The quantitative estimate of drug-likeness (QED) is 0.125. The van der Waals surface area contributed by atoms with Gasteiger partial charge in [0, 0.05) is 10.8 Å². The molecule has 0 bridgehead atoms. The molecule has 2 atom stereocenters. The van der Waals surface area contributed by atoms with Gasteiger partial charge in [0.25, 0.3) is 0 Å². The van der Waals surface area contributed by atoms with Gasteiger partial charge in [-0.2, -0.15) is 0 Å². The van der Waals surface area contributed by atoms with E-state index < -0.39 is 11.4 Å². The molecule has 10 heteroatoms. The SMILES string of the molecule is O=C(NC(Cc1ccccc1)c1nnc(SCc2ccc(F)cc2)n1-c1ccc(Cl)cc1Cl)C(Cl)c1ccccc1. The fourth-order valence-electron chi connectivity index (χ4n) is 4.29. The van der Waals surface area contributed by atoms with Gasteiger partial charge in [-0.3, -0.25) is 9.36 Å². The fourth-order valence-corrected chi connectivity index (χ4v) is 5.90. The summed E-state index contributed by atoms with van der Waals surface area (Å²) in [5.74, 6) is 0.322. The first kappa shape index (κ1) is 29.1. The Morgan fingerprint density at radius 3 is 2.24 bits per heavy atom. The van der Waals surface area contributed by atoms with Crippen molar-refractivity contribution in [2.24, 2.45) is 0 Å². The first-order chi connectivity index (χ1) is 19.9. The Kier molecular flexibility index (Phi) is 9.62. The Bertz CT molecular complexity index is 1620. The van der Waals surface area contributed by atoms with Gasteiger partial charge < -0.3 is 5.32 Å². The number of hydrogen-bond acceptors (Lipinski definition) is 4. The number of hydrogen-bond donors (Lipinski definition) is 1. The van der Waals surface area contributed by atoms with Crippen LogP contribution >= 0.6 is 46.6 Å². The molecular weight excluding hydrogens is 602 g/mol. The molecule has 0 aliphatic carbocycles. The molecule has 0 spiro atoms. The molecule has 1 amide bonds. The molecule has 0 aliphatic heterocycles. The Hall–Kier alpha value is -3.36. The highest BCUT2D eigenvalue weighted by Crippen LogP contribution is 2.34. The van der Waals surface area contributed by atoms with Crippen LogP contribution in [0.25, 0.3) is 5.69 Å². The van der Waals surface area contributed by atoms with Crippen molar-refractivity contribution in [3.05, 3.63) is 142 Å². The molecule has 2 unspecified atom stereocenters. The molecule has 1 N–H and O–H groups in total. The summed E-state index contributed by atoms with van der Waals surface area (Å²) in [4.78, 5) is 13.4. The van der Waals surface area contributed by atoms with Gasteiger partial charge in [-0.1, -0.05) is 108 Å². The zero-order chi connectivity index (χ0) is 28.8. The Labute approximate surface area is 256 Å². The molecule has 5 rings (SSSR count). The molecule has 0 fully saturated rings. The van der Waals surface area contributed by atoms with Crippen LogP contribution < -0.4 is 5.32 Å². The molecule has 5 nitrogen and oxygen atoms in total. The van der Waals surface area contributed by atoms with Crippen LogP contribution in [0, 0.1) is 5.82 Å². The Morgan fingerprint density at radius 2 is 1.56 bits per heavy atom. The van der Waals surface area contributed by atoms with Gasteiger partial charge in [0.05, 0.1) is 16.8 Å². The predicted octanol–water partition coefficient (Wildman–Crippen LogP) is 8.39. The molecule has 41 heavy (non-hydrogen) atoms. The lowest BCUT2D eigenvalue weighted by Gasteiger charge is -2.22. The monoisotopic (exact) mass is 624 g/mol. The first-order valence-electron chi connectivity index (χ1n) is 12.7. The van der Waals surface area contributed by atoms with E-state index in [4.69, 9.17) is 34.8 Å². The van der Waals surface area contributed by atoms with E-state index >= 15 is 0 Å². The number of rotatable bonds is 10. The minimum atomic E-state index is -0.905. The predicted molar refractivity (Wildman–Crippen MR) is 163 cm³/mol. The standard InChI is InChI=1S/C31H24Cl3FN4OS/c32-23-13-16-27(25(33)18-23)39-29(37-38-31(39)41-19-21-11-14-24(35)15-12-21)26(17-20-7-3-1-4-8-20)36-30(40)28(34)22-9-5-2-6-10-22/h1-16,18,26,28H,17,19H2,(H,36,40). The average molecular weight is 626 g/mol. The second kappa shape index (κ2) is 13.5. The van der Waals surface area contributed by atoms with Crippen LogP contribution in [0.1, 0.15) is 33.9 Å². The maximum absolute atomic E-state index is 13.5. The van der Waals surface area contributed by atoms with Gasteiger partial charge in [-0.05, 0) is 53.4 Å². The second-order valence-corrected chi connectivity index (χ2v) is 11.4. The molecule has 1 heterocycles. The van der Waals surface area contributed by atoms with Gasteiger partial charge in [0.1, 0.15) is 11.2 Å². The number of benzene rings is 4.